The maximum Gasteiger partial charge on any atom is 0.262 e. The fourth-order valence-corrected chi connectivity index (χ4v) is 1.53. The van der Waals surface area contributed by atoms with Gasteiger partial charge in [-0.3, -0.25) is 0 Å². The minimum atomic E-state index is -3.78. The topological polar surface area (TPSA) is 75.6 Å². The second kappa shape index (κ2) is 4.41. The van der Waals surface area contributed by atoms with Gasteiger partial charge in [0.05, 0.1) is 11.5 Å². The fourth-order valence-electron chi connectivity index (χ4n) is 0.934. The van der Waals surface area contributed by atoms with Crippen LogP contribution in [0.3, 0.4) is 0 Å². The zero-order valence-electron chi connectivity index (χ0n) is 7.60. The molecule has 0 spiro atoms. The zero-order valence-corrected chi connectivity index (χ0v) is 8.41. The monoisotopic (exact) mass is 217 g/mol. The minimum absolute atomic E-state index is 0.0107. The second-order valence-electron chi connectivity index (χ2n) is 2.50. The fraction of sp³-hybridized carbons (Fsp3) is 0.250. The van der Waals surface area contributed by atoms with E-state index in [1.807, 2.05) is 6.92 Å². The summed E-state index contributed by atoms with van der Waals surface area (Å²) in [4.78, 5) is 1.23. The second-order valence-corrected chi connectivity index (χ2v) is 4.16. The van der Waals surface area contributed by atoms with Crippen LogP contribution in [0, 0.1) is 0 Å². The molecule has 5 nitrogen and oxygen atoms in total. The summed E-state index contributed by atoms with van der Waals surface area (Å²) in [5, 5.41) is 8.35. The molecule has 0 unspecified atom stereocenters. The number of nitrogens with one attached hydrogen (secondary N) is 1. The van der Waals surface area contributed by atoms with Gasteiger partial charge < -0.3 is 9.94 Å². The number of sulfonamides is 1. The summed E-state index contributed by atoms with van der Waals surface area (Å²) in [6.45, 7) is 2.35. The van der Waals surface area contributed by atoms with Gasteiger partial charge >= 0.3 is 0 Å². The van der Waals surface area contributed by atoms with E-state index in [1.54, 1.807) is 0 Å². The van der Waals surface area contributed by atoms with Crippen molar-refractivity contribution in [1.82, 2.24) is 4.89 Å². The predicted octanol–water partition coefficient (Wildman–Crippen LogP) is 0.753. The maximum atomic E-state index is 11.1. The van der Waals surface area contributed by atoms with Gasteiger partial charge in [-0.1, -0.05) is 4.89 Å². The number of rotatable bonds is 4. The van der Waals surface area contributed by atoms with Crippen LogP contribution in [0.15, 0.2) is 29.2 Å². The SMILES string of the molecule is CCOc1ccc(S(=O)(=O)NO)cc1. The minimum Gasteiger partial charge on any atom is -0.494 e. The first kappa shape index (κ1) is 11.0. The summed E-state index contributed by atoms with van der Waals surface area (Å²) < 4.78 is 27.3. The highest BCUT2D eigenvalue weighted by molar-refractivity contribution is 7.89. The molecule has 0 aromatic heterocycles. The summed E-state index contributed by atoms with van der Waals surface area (Å²) in [6, 6.07) is 5.74. The largest absolute Gasteiger partial charge is 0.494 e. The molecule has 78 valence electrons. The molecule has 0 heterocycles. The summed E-state index contributed by atoms with van der Waals surface area (Å²) in [5.41, 5.74) is 0. The van der Waals surface area contributed by atoms with E-state index in [0.717, 1.165) is 0 Å². The molecule has 1 aromatic rings. The van der Waals surface area contributed by atoms with Gasteiger partial charge in [-0.15, -0.1) is 0 Å². The number of hydrogen-bond donors (Lipinski definition) is 2. The lowest BCUT2D eigenvalue weighted by molar-refractivity contribution is 0.242. The molecule has 0 bridgehead atoms. The first-order valence-electron chi connectivity index (χ1n) is 3.99. The van der Waals surface area contributed by atoms with Crippen LogP contribution >= 0.6 is 0 Å². The Balaban J connectivity index is 2.94. The molecule has 0 aliphatic heterocycles. The number of benzene rings is 1. The van der Waals surface area contributed by atoms with E-state index in [0.29, 0.717) is 12.4 Å². The van der Waals surface area contributed by atoms with Crippen molar-refractivity contribution in [2.24, 2.45) is 0 Å². The van der Waals surface area contributed by atoms with Crippen LogP contribution in [0.1, 0.15) is 6.92 Å². The van der Waals surface area contributed by atoms with Crippen LogP contribution in [-0.2, 0) is 10.0 Å². The lowest BCUT2D eigenvalue weighted by Crippen LogP contribution is -2.19. The number of ether oxygens (including phenoxy) is 1. The molecule has 0 atom stereocenters. The van der Waals surface area contributed by atoms with E-state index in [2.05, 4.69) is 0 Å². The molecule has 0 amide bonds. The van der Waals surface area contributed by atoms with Gasteiger partial charge in [0.15, 0.2) is 0 Å². The van der Waals surface area contributed by atoms with Gasteiger partial charge in [-0.05, 0) is 31.2 Å². The highest BCUT2D eigenvalue weighted by atomic mass is 32.2. The van der Waals surface area contributed by atoms with Gasteiger partial charge in [0, 0.05) is 0 Å². The average molecular weight is 217 g/mol. The summed E-state index contributed by atoms with van der Waals surface area (Å²) in [5.74, 6) is 0.587. The van der Waals surface area contributed by atoms with Gasteiger partial charge in [0.2, 0.25) is 0 Å². The molecule has 0 aliphatic carbocycles. The van der Waals surface area contributed by atoms with Crippen LogP contribution in [-0.4, -0.2) is 20.2 Å². The molecular weight excluding hydrogens is 206 g/mol. The third-order valence-corrected chi connectivity index (χ3v) is 2.70. The normalized spacial score (nSPS) is 11.3. The smallest absolute Gasteiger partial charge is 0.262 e. The van der Waals surface area contributed by atoms with Crippen molar-refractivity contribution in [3.8, 4) is 5.75 Å². The molecule has 0 saturated carbocycles. The molecule has 14 heavy (non-hydrogen) atoms. The van der Waals surface area contributed by atoms with Gasteiger partial charge in [-0.2, -0.15) is 0 Å². The molecule has 1 rings (SSSR count). The van der Waals surface area contributed by atoms with Crippen LogP contribution in [0.25, 0.3) is 0 Å². The highest BCUT2D eigenvalue weighted by Gasteiger charge is 2.11. The molecule has 0 radical (unpaired) electrons. The lowest BCUT2D eigenvalue weighted by Gasteiger charge is -2.04. The van der Waals surface area contributed by atoms with E-state index in [9.17, 15) is 8.42 Å². The third-order valence-electron chi connectivity index (χ3n) is 1.57. The van der Waals surface area contributed by atoms with E-state index < -0.39 is 10.0 Å². The number of hydrogen-bond acceptors (Lipinski definition) is 4. The van der Waals surface area contributed by atoms with Crippen molar-refractivity contribution in [3.63, 3.8) is 0 Å². The zero-order chi connectivity index (χ0) is 10.6. The summed E-state index contributed by atoms with van der Waals surface area (Å²) in [6.07, 6.45) is 0. The average Bonchev–Trinajstić information content (AvgIpc) is 2.19. The van der Waals surface area contributed by atoms with Crippen molar-refractivity contribution in [1.29, 1.82) is 0 Å². The Kier molecular flexibility index (Phi) is 3.45. The van der Waals surface area contributed by atoms with Crippen LogP contribution in [0.2, 0.25) is 0 Å². The first-order chi connectivity index (χ1) is 6.60. The Hall–Kier alpha value is -1.11. The van der Waals surface area contributed by atoms with E-state index in [-0.39, 0.29) is 4.90 Å². The summed E-state index contributed by atoms with van der Waals surface area (Å²) >= 11 is 0. The van der Waals surface area contributed by atoms with Gasteiger partial charge in [-0.25, -0.2) is 8.42 Å². The third kappa shape index (κ3) is 2.44. The Morgan fingerprint density at radius 2 is 1.93 bits per heavy atom. The Labute approximate surface area is 82.3 Å². The van der Waals surface area contributed by atoms with Gasteiger partial charge in [0.25, 0.3) is 10.0 Å². The van der Waals surface area contributed by atoms with Gasteiger partial charge in [0.1, 0.15) is 5.75 Å². The van der Waals surface area contributed by atoms with E-state index in [4.69, 9.17) is 9.94 Å². The van der Waals surface area contributed by atoms with Crippen LogP contribution < -0.4 is 9.62 Å². The molecule has 0 saturated heterocycles. The van der Waals surface area contributed by atoms with Crippen LogP contribution in [0.5, 0.6) is 5.75 Å². The molecule has 6 heteroatoms. The lowest BCUT2D eigenvalue weighted by atomic mass is 10.3. The molecular formula is C8H11NO4S. The van der Waals surface area contributed by atoms with E-state index >= 15 is 0 Å². The van der Waals surface area contributed by atoms with Crippen molar-refractivity contribution < 1.29 is 18.4 Å². The molecule has 0 fully saturated rings. The maximum absolute atomic E-state index is 11.1. The Morgan fingerprint density at radius 1 is 1.36 bits per heavy atom. The summed E-state index contributed by atoms with van der Waals surface area (Å²) in [7, 11) is -3.78. The predicted molar refractivity (Wildman–Crippen MR) is 49.7 cm³/mol. The Morgan fingerprint density at radius 3 is 2.36 bits per heavy atom. The van der Waals surface area contributed by atoms with Crippen molar-refractivity contribution in [2.75, 3.05) is 6.61 Å². The molecule has 2 N–H and O–H groups in total. The van der Waals surface area contributed by atoms with E-state index in [1.165, 1.54) is 29.2 Å². The van der Waals surface area contributed by atoms with Crippen molar-refractivity contribution in [3.05, 3.63) is 24.3 Å². The highest BCUT2D eigenvalue weighted by Crippen LogP contribution is 2.15. The quantitative estimate of drug-likeness (QED) is 0.730. The van der Waals surface area contributed by atoms with Crippen molar-refractivity contribution >= 4 is 10.0 Å². The first-order valence-corrected chi connectivity index (χ1v) is 5.47. The molecule has 1 aromatic carbocycles. The Bertz CT molecular complexity index is 384. The molecule has 0 aliphatic rings. The standard InChI is InChI=1S/C8H11NO4S/c1-2-13-7-3-5-8(6-4-7)14(11,12)9-10/h3-6,9-10H,2H2,1H3. The van der Waals surface area contributed by atoms with Crippen molar-refractivity contribution in [2.45, 2.75) is 11.8 Å². The van der Waals surface area contributed by atoms with Crippen LogP contribution in [0.4, 0.5) is 0 Å².